The molecule has 0 aliphatic carbocycles. The molecule has 3 rings (SSSR count). The second-order valence-corrected chi connectivity index (χ2v) is 5.35. The molecule has 22 heavy (non-hydrogen) atoms. The standard InChI is InChI=1S/C18H19N3O/c1-3-11-20-12-13-21(16-9-6-10-19-17(16)20)18(22)15-8-5-4-7-14(15)2/h3-10H,1,11-13H2,2H3. The van der Waals surface area contributed by atoms with Gasteiger partial charge >= 0.3 is 0 Å². The Morgan fingerprint density at radius 2 is 2.09 bits per heavy atom. The van der Waals surface area contributed by atoms with E-state index in [1.807, 2.05) is 54.3 Å². The Kier molecular flexibility index (Phi) is 3.92. The van der Waals surface area contributed by atoms with E-state index in [4.69, 9.17) is 0 Å². The van der Waals surface area contributed by atoms with Gasteiger partial charge < -0.3 is 9.80 Å². The highest BCUT2D eigenvalue weighted by molar-refractivity contribution is 6.08. The number of hydrogen-bond acceptors (Lipinski definition) is 3. The Hall–Kier alpha value is -2.62. The van der Waals surface area contributed by atoms with Gasteiger partial charge in [-0.25, -0.2) is 4.98 Å². The third kappa shape index (κ3) is 2.48. The van der Waals surface area contributed by atoms with Crippen molar-refractivity contribution in [3.63, 3.8) is 0 Å². The maximum absolute atomic E-state index is 12.9. The van der Waals surface area contributed by atoms with Crippen LogP contribution >= 0.6 is 0 Å². The number of hydrogen-bond donors (Lipinski definition) is 0. The predicted octanol–water partition coefficient (Wildman–Crippen LogP) is 3.04. The van der Waals surface area contributed by atoms with E-state index < -0.39 is 0 Å². The molecule has 2 heterocycles. The smallest absolute Gasteiger partial charge is 0.258 e. The first-order valence-electron chi connectivity index (χ1n) is 7.40. The van der Waals surface area contributed by atoms with Crippen LogP contribution in [-0.4, -0.2) is 30.5 Å². The Morgan fingerprint density at radius 3 is 2.86 bits per heavy atom. The fraction of sp³-hybridized carbons (Fsp3) is 0.222. The van der Waals surface area contributed by atoms with Crippen LogP contribution in [0.4, 0.5) is 11.5 Å². The lowest BCUT2D eigenvalue weighted by Gasteiger charge is -2.36. The second-order valence-electron chi connectivity index (χ2n) is 5.35. The Labute approximate surface area is 130 Å². The van der Waals surface area contributed by atoms with E-state index in [9.17, 15) is 4.79 Å². The van der Waals surface area contributed by atoms with Gasteiger partial charge in [0.05, 0.1) is 5.69 Å². The summed E-state index contributed by atoms with van der Waals surface area (Å²) < 4.78 is 0. The molecule has 0 N–H and O–H groups in total. The largest absolute Gasteiger partial charge is 0.349 e. The third-order valence-electron chi connectivity index (χ3n) is 3.92. The van der Waals surface area contributed by atoms with Crippen molar-refractivity contribution in [3.05, 3.63) is 66.4 Å². The monoisotopic (exact) mass is 293 g/mol. The molecule has 112 valence electrons. The van der Waals surface area contributed by atoms with Crippen LogP contribution in [0.2, 0.25) is 0 Å². The number of fused-ring (bicyclic) bond motifs is 1. The van der Waals surface area contributed by atoms with Gasteiger partial charge in [-0.15, -0.1) is 6.58 Å². The molecule has 1 aromatic heterocycles. The number of nitrogens with zero attached hydrogens (tertiary/aromatic N) is 3. The zero-order valence-corrected chi connectivity index (χ0v) is 12.7. The molecule has 1 amide bonds. The van der Waals surface area contributed by atoms with Gasteiger partial charge in [0.25, 0.3) is 5.91 Å². The van der Waals surface area contributed by atoms with E-state index in [1.165, 1.54) is 0 Å². The first-order chi connectivity index (χ1) is 10.7. The minimum atomic E-state index is 0.0330. The molecule has 1 aliphatic rings. The van der Waals surface area contributed by atoms with Crippen molar-refractivity contribution in [2.75, 3.05) is 29.4 Å². The van der Waals surface area contributed by atoms with Gasteiger partial charge in [0, 0.05) is 31.4 Å². The molecule has 0 spiro atoms. The lowest BCUT2D eigenvalue weighted by molar-refractivity contribution is 0.0986. The molecule has 0 saturated heterocycles. The van der Waals surface area contributed by atoms with Crippen LogP contribution < -0.4 is 9.80 Å². The number of pyridine rings is 1. The van der Waals surface area contributed by atoms with Crippen LogP contribution in [0.3, 0.4) is 0 Å². The van der Waals surface area contributed by atoms with Crippen LogP contribution in [0, 0.1) is 6.92 Å². The number of aryl methyl sites for hydroxylation is 1. The summed E-state index contributed by atoms with van der Waals surface area (Å²) in [6.45, 7) is 7.90. The van der Waals surface area contributed by atoms with Gasteiger partial charge in [0.1, 0.15) is 0 Å². The summed E-state index contributed by atoms with van der Waals surface area (Å²) in [7, 11) is 0. The zero-order chi connectivity index (χ0) is 15.5. The summed E-state index contributed by atoms with van der Waals surface area (Å²) >= 11 is 0. The summed E-state index contributed by atoms with van der Waals surface area (Å²) in [6, 6.07) is 11.5. The van der Waals surface area contributed by atoms with E-state index in [2.05, 4.69) is 16.5 Å². The van der Waals surface area contributed by atoms with E-state index in [0.29, 0.717) is 6.54 Å². The topological polar surface area (TPSA) is 36.4 Å². The van der Waals surface area contributed by atoms with Crippen LogP contribution in [0.1, 0.15) is 15.9 Å². The zero-order valence-electron chi connectivity index (χ0n) is 12.7. The van der Waals surface area contributed by atoms with Crippen molar-refractivity contribution >= 4 is 17.4 Å². The quantitative estimate of drug-likeness (QED) is 0.816. The van der Waals surface area contributed by atoms with Crippen LogP contribution in [-0.2, 0) is 0 Å². The number of carbonyl (C=O) groups excluding carboxylic acids is 1. The van der Waals surface area contributed by atoms with Gasteiger partial charge in [0.15, 0.2) is 5.82 Å². The molecular formula is C18H19N3O. The maximum atomic E-state index is 12.9. The highest BCUT2D eigenvalue weighted by atomic mass is 16.2. The number of benzene rings is 1. The van der Waals surface area contributed by atoms with Gasteiger partial charge in [0.2, 0.25) is 0 Å². The highest BCUT2D eigenvalue weighted by Crippen LogP contribution is 2.31. The minimum Gasteiger partial charge on any atom is -0.349 e. The van der Waals surface area contributed by atoms with Crippen molar-refractivity contribution in [2.24, 2.45) is 0 Å². The molecule has 4 nitrogen and oxygen atoms in total. The SMILES string of the molecule is C=CCN1CCN(C(=O)c2ccccc2C)c2cccnc21. The van der Waals surface area contributed by atoms with Crippen molar-refractivity contribution < 1.29 is 4.79 Å². The first-order valence-corrected chi connectivity index (χ1v) is 7.40. The number of rotatable bonds is 3. The Bertz CT molecular complexity index is 711. The van der Waals surface area contributed by atoms with Gasteiger partial charge in [-0.1, -0.05) is 24.3 Å². The summed E-state index contributed by atoms with van der Waals surface area (Å²) in [5, 5.41) is 0. The van der Waals surface area contributed by atoms with Gasteiger partial charge in [-0.05, 0) is 30.7 Å². The van der Waals surface area contributed by atoms with Gasteiger partial charge in [-0.3, -0.25) is 4.79 Å². The lowest BCUT2D eigenvalue weighted by Crippen LogP contribution is -2.44. The molecule has 0 unspecified atom stereocenters. The van der Waals surface area contributed by atoms with Crippen molar-refractivity contribution in [2.45, 2.75) is 6.92 Å². The van der Waals surface area contributed by atoms with E-state index in [1.54, 1.807) is 6.20 Å². The first kappa shape index (κ1) is 14.3. The van der Waals surface area contributed by atoms with E-state index >= 15 is 0 Å². The van der Waals surface area contributed by atoms with Crippen molar-refractivity contribution in [1.82, 2.24) is 4.98 Å². The van der Waals surface area contributed by atoms with E-state index in [0.717, 1.165) is 35.7 Å². The fourth-order valence-electron chi connectivity index (χ4n) is 2.79. The number of carbonyl (C=O) groups is 1. The summed E-state index contributed by atoms with van der Waals surface area (Å²) in [4.78, 5) is 21.3. The molecule has 0 atom stereocenters. The molecule has 0 fully saturated rings. The van der Waals surface area contributed by atoms with Crippen LogP contribution in [0.25, 0.3) is 0 Å². The Morgan fingerprint density at radius 1 is 1.27 bits per heavy atom. The predicted molar refractivity (Wildman–Crippen MR) is 89.5 cm³/mol. The van der Waals surface area contributed by atoms with Crippen LogP contribution in [0.15, 0.2) is 55.3 Å². The molecular weight excluding hydrogens is 274 g/mol. The normalized spacial score (nSPS) is 13.7. The number of amides is 1. The molecule has 2 aromatic rings. The molecule has 1 aliphatic heterocycles. The molecule has 4 heteroatoms. The minimum absolute atomic E-state index is 0.0330. The average Bonchev–Trinajstić information content (AvgIpc) is 2.55. The van der Waals surface area contributed by atoms with Crippen LogP contribution in [0.5, 0.6) is 0 Å². The molecule has 0 radical (unpaired) electrons. The fourth-order valence-corrected chi connectivity index (χ4v) is 2.79. The number of anilines is 2. The summed E-state index contributed by atoms with van der Waals surface area (Å²) in [5.41, 5.74) is 2.60. The second kappa shape index (κ2) is 6.02. The average molecular weight is 293 g/mol. The lowest BCUT2D eigenvalue weighted by atomic mass is 10.1. The molecule has 1 aromatic carbocycles. The molecule has 0 bridgehead atoms. The maximum Gasteiger partial charge on any atom is 0.258 e. The summed E-state index contributed by atoms with van der Waals surface area (Å²) in [6.07, 6.45) is 3.62. The molecule has 0 saturated carbocycles. The highest BCUT2D eigenvalue weighted by Gasteiger charge is 2.28. The summed E-state index contributed by atoms with van der Waals surface area (Å²) in [5.74, 6) is 0.876. The Balaban J connectivity index is 1.99. The van der Waals surface area contributed by atoms with Crippen molar-refractivity contribution in [3.8, 4) is 0 Å². The van der Waals surface area contributed by atoms with E-state index in [-0.39, 0.29) is 5.91 Å². The van der Waals surface area contributed by atoms with Gasteiger partial charge in [-0.2, -0.15) is 0 Å². The third-order valence-corrected chi connectivity index (χ3v) is 3.92. The van der Waals surface area contributed by atoms with Crippen molar-refractivity contribution in [1.29, 1.82) is 0 Å². The number of aromatic nitrogens is 1.